The number of rotatable bonds is 5. The van der Waals surface area contributed by atoms with Crippen molar-refractivity contribution in [3.8, 4) is 17.0 Å². The molecule has 1 heterocycles. The number of hydrogen-bond acceptors (Lipinski definition) is 3. The number of benzene rings is 1. The van der Waals surface area contributed by atoms with Gasteiger partial charge in [0.2, 0.25) is 0 Å². The average molecular weight is 246 g/mol. The van der Waals surface area contributed by atoms with Gasteiger partial charge in [0.05, 0.1) is 18.9 Å². The van der Waals surface area contributed by atoms with Gasteiger partial charge in [-0.2, -0.15) is 5.10 Å². The summed E-state index contributed by atoms with van der Waals surface area (Å²) in [5.74, 6) is 0.832. The minimum atomic E-state index is -0.0162. The Morgan fingerprint density at radius 1 is 1.39 bits per heavy atom. The first-order valence-corrected chi connectivity index (χ1v) is 6.14. The Morgan fingerprint density at radius 3 is 2.94 bits per heavy atom. The van der Waals surface area contributed by atoms with E-state index in [0.29, 0.717) is 6.61 Å². The first kappa shape index (κ1) is 12.6. The number of aliphatic hydroxyl groups is 1. The van der Waals surface area contributed by atoms with Crippen LogP contribution in [0.1, 0.15) is 24.6 Å². The van der Waals surface area contributed by atoms with E-state index in [-0.39, 0.29) is 6.61 Å². The normalized spacial score (nSPS) is 10.6. The van der Waals surface area contributed by atoms with Crippen molar-refractivity contribution < 1.29 is 9.84 Å². The van der Waals surface area contributed by atoms with E-state index in [1.54, 1.807) is 0 Å². The highest BCUT2D eigenvalue weighted by Gasteiger charge is 2.11. The van der Waals surface area contributed by atoms with Crippen molar-refractivity contribution in [2.45, 2.75) is 26.9 Å². The average Bonchev–Trinajstić information content (AvgIpc) is 2.77. The summed E-state index contributed by atoms with van der Waals surface area (Å²) in [5, 5.41) is 16.5. The molecule has 1 aromatic carbocycles. The molecule has 0 aliphatic heterocycles. The molecule has 0 fully saturated rings. The van der Waals surface area contributed by atoms with Crippen molar-refractivity contribution in [1.82, 2.24) is 10.2 Å². The molecule has 0 unspecified atom stereocenters. The molecule has 2 N–H and O–H groups in total. The molecule has 0 aliphatic rings. The Labute approximate surface area is 107 Å². The van der Waals surface area contributed by atoms with Crippen LogP contribution in [0, 0.1) is 6.92 Å². The van der Waals surface area contributed by atoms with Crippen LogP contribution < -0.4 is 4.74 Å². The first-order chi connectivity index (χ1) is 8.76. The second kappa shape index (κ2) is 5.69. The zero-order valence-electron chi connectivity index (χ0n) is 10.7. The number of aryl methyl sites for hydroxylation is 1. The van der Waals surface area contributed by atoms with Crippen LogP contribution in [0.4, 0.5) is 0 Å². The third-order valence-electron chi connectivity index (χ3n) is 2.81. The molecule has 0 amide bonds. The summed E-state index contributed by atoms with van der Waals surface area (Å²) >= 11 is 0. The van der Waals surface area contributed by atoms with Crippen LogP contribution in [0.5, 0.6) is 5.75 Å². The van der Waals surface area contributed by atoms with Gasteiger partial charge in [-0.25, -0.2) is 0 Å². The predicted molar refractivity (Wildman–Crippen MR) is 70.5 cm³/mol. The van der Waals surface area contributed by atoms with Gasteiger partial charge in [0, 0.05) is 16.8 Å². The zero-order valence-corrected chi connectivity index (χ0v) is 10.7. The van der Waals surface area contributed by atoms with Crippen molar-refractivity contribution in [1.29, 1.82) is 0 Å². The summed E-state index contributed by atoms with van der Waals surface area (Å²) in [6, 6.07) is 7.78. The Hall–Kier alpha value is -1.81. The van der Waals surface area contributed by atoms with Gasteiger partial charge in [0.25, 0.3) is 0 Å². The summed E-state index contributed by atoms with van der Waals surface area (Å²) in [6.45, 7) is 4.66. The monoisotopic (exact) mass is 246 g/mol. The lowest BCUT2D eigenvalue weighted by Crippen LogP contribution is -1.95. The van der Waals surface area contributed by atoms with Gasteiger partial charge in [-0.3, -0.25) is 5.10 Å². The maximum Gasteiger partial charge on any atom is 0.119 e. The summed E-state index contributed by atoms with van der Waals surface area (Å²) in [6.07, 6.45) is 0.980. The smallest absolute Gasteiger partial charge is 0.119 e. The molecule has 0 spiro atoms. The van der Waals surface area contributed by atoms with Crippen LogP contribution in [-0.2, 0) is 6.61 Å². The molecule has 4 nitrogen and oxygen atoms in total. The van der Waals surface area contributed by atoms with Crippen LogP contribution in [-0.4, -0.2) is 21.9 Å². The molecule has 2 aromatic rings. The van der Waals surface area contributed by atoms with Gasteiger partial charge in [-0.15, -0.1) is 0 Å². The molecule has 0 saturated heterocycles. The number of nitrogens with one attached hydrogen (secondary N) is 1. The molecule has 0 radical (unpaired) electrons. The SMILES string of the molecule is CCCOc1cccc(-c2n[nH]c(C)c2CO)c1. The van der Waals surface area contributed by atoms with E-state index in [9.17, 15) is 5.11 Å². The van der Waals surface area contributed by atoms with Crippen molar-refractivity contribution in [2.75, 3.05) is 6.61 Å². The lowest BCUT2D eigenvalue weighted by Gasteiger charge is -2.06. The van der Waals surface area contributed by atoms with Gasteiger partial charge in [0.1, 0.15) is 5.75 Å². The molecule has 0 saturated carbocycles. The second-order valence-electron chi connectivity index (χ2n) is 4.21. The fraction of sp³-hybridized carbons (Fsp3) is 0.357. The zero-order chi connectivity index (χ0) is 13.0. The Kier molecular flexibility index (Phi) is 3.99. The molecule has 0 aliphatic carbocycles. The highest BCUT2D eigenvalue weighted by Crippen LogP contribution is 2.26. The molecule has 1 aromatic heterocycles. The number of aliphatic hydroxyl groups excluding tert-OH is 1. The van der Waals surface area contributed by atoms with E-state index < -0.39 is 0 Å². The van der Waals surface area contributed by atoms with E-state index in [1.165, 1.54) is 0 Å². The molecule has 96 valence electrons. The van der Waals surface area contributed by atoms with Gasteiger partial charge in [0.15, 0.2) is 0 Å². The van der Waals surface area contributed by atoms with Crippen molar-refractivity contribution in [3.05, 3.63) is 35.5 Å². The van der Waals surface area contributed by atoms with E-state index in [0.717, 1.165) is 34.7 Å². The topological polar surface area (TPSA) is 58.1 Å². The van der Waals surface area contributed by atoms with E-state index >= 15 is 0 Å². The quantitative estimate of drug-likeness (QED) is 0.852. The molecule has 2 rings (SSSR count). The van der Waals surface area contributed by atoms with Gasteiger partial charge < -0.3 is 9.84 Å². The van der Waals surface area contributed by atoms with Crippen LogP contribution >= 0.6 is 0 Å². The third kappa shape index (κ3) is 2.54. The van der Waals surface area contributed by atoms with Gasteiger partial charge in [-0.1, -0.05) is 19.1 Å². The minimum absolute atomic E-state index is 0.0162. The second-order valence-corrected chi connectivity index (χ2v) is 4.21. The Balaban J connectivity index is 2.32. The largest absolute Gasteiger partial charge is 0.494 e. The molecule has 18 heavy (non-hydrogen) atoms. The van der Waals surface area contributed by atoms with Crippen molar-refractivity contribution in [2.24, 2.45) is 0 Å². The molecule has 4 heteroatoms. The number of hydrogen-bond donors (Lipinski definition) is 2. The van der Waals surface area contributed by atoms with E-state index in [4.69, 9.17) is 4.74 Å². The predicted octanol–water partition coefficient (Wildman–Crippen LogP) is 2.67. The number of aromatic nitrogens is 2. The highest BCUT2D eigenvalue weighted by atomic mass is 16.5. The minimum Gasteiger partial charge on any atom is -0.494 e. The van der Waals surface area contributed by atoms with E-state index in [2.05, 4.69) is 17.1 Å². The fourth-order valence-electron chi connectivity index (χ4n) is 1.84. The van der Waals surface area contributed by atoms with Crippen LogP contribution in [0.3, 0.4) is 0 Å². The third-order valence-corrected chi connectivity index (χ3v) is 2.81. The van der Waals surface area contributed by atoms with Crippen molar-refractivity contribution in [3.63, 3.8) is 0 Å². The van der Waals surface area contributed by atoms with Crippen LogP contribution in [0.2, 0.25) is 0 Å². The van der Waals surface area contributed by atoms with Crippen molar-refractivity contribution >= 4 is 0 Å². The highest BCUT2D eigenvalue weighted by molar-refractivity contribution is 5.65. The number of ether oxygens (including phenoxy) is 1. The summed E-state index contributed by atoms with van der Waals surface area (Å²) in [7, 11) is 0. The maximum absolute atomic E-state index is 9.37. The van der Waals surface area contributed by atoms with Crippen LogP contribution in [0.25, 0.3) is 11.3 Å². The standard InChI is InChI=1S/C14H18N2O2/c1-3-7-18-12-6-4-5-11(8-12)14-13(9-17)10(2)15-16-14/h4-6,8,17H,3,7,9H2,1-2H3,(H,15,16). The lowest BCUT2D eigenvalue weighted by atomic mass is 10.1. The first-order valence-electron chi connectivity index (χ1n) is 6.14. The summed E-state index contributed by atoms with van der Waals surface area (Å²) < 4.78 is 5.60. The number of aromatic amines is 1. The Bertz CT molecular complexity index is 520. The maximum atomic E-state index is 9.37. The van der Waals surface area contributed by atoms with Gasteiger partial charge in [-0.05, 0) is 25.5 Å². The molecular formula is C14H18N2O2. The number of H-pyrrole nitrogens is 1. The Morgan fingerprint density at radius 2 is 2.22 bits per heavy atom. The lowest BCUT2D eigenvalue weighted by molar-refractivity contribution is 0.281. The van der Waals surface area contributed by atoms with Crippen LogP contribution in [0.15, 0.2) is 24.3 Å². The molecular weight excluding hydrogens is 228 g/mol. The number of nitrogens with zero attached hydrogens (tertiary/aromatic N) is 1. The molecule has 0 bridgehead atoms. The van der Waals surface area contributed by atoms with Gasteiger partial charge >= 0.3 is 0 Å². The summed E-state index contributed by atoms with van der Waals surface area (Å²) in [5.41, 5.74) is 3.48. The molecule has 0 atom stereocenters. The van der Waals surface area contributed by atoms with E-state index in [1.807, 2.05) is 31.2 Å². The fourth-order valence-corrected chi connectivity index (χ4v) is 1.84. The summed E-state index contributed by atoms with van der Waals surface area (Å²) in [4.78, 5) is 0.